The van der Waals surface area contributed by atoms with Gasteiger partial charge in [-0.25, -0.2) is 28.4 Å². The first kappa shape index (κ1) is 19.1. The van der Waals surface area contributed by atoms with E-state index in [1.165, 1.54) is 6.20 Å². The third-order valence-corrected chi connectivity index (χ3v) is 6.04. The average Bonchev–Trinajstić information content (AvgIpc) is 3.19. The van der Waals surface area contributed by atoms with Crippen molar-refractivity contribution in [1.29, 1.82) is 0 Å². The fourth-order valence-electron chi connectivity index (χ4n) is 4.41. The number of carbonyl (C=O) groups is 2. The molecule has 31 heavy (non-hydrogen) atoms. The number of urea groups is 1. The first-order valence-corrected chi connectivity index (χ1v) is 9.81. The number of carbonyl (C=O) groups excluding carboxylic acids is 2. The van der Waals surface area contributed by atoms with E-state index in [0.717, 1.165) is 23.7 Å². The zero-order chi connectivity index (χ0) is 21.6. The Morgan fingerprint density at radius 1 is 1.23 bits per heavy atom. The van der Waals surface area contributed by atoms with E-state index >= 15 is 0 Å². The monoisotopic (exact) mass is 427 g/mol. The topological polar surface area (TPSA) is 165 Å². The lowest BCUT2D eigenvalue weighted by Crippen LogP contribution is -2.68. The highest BCUT2D eigenvalue weighted by molar-refractivity contribution is 5.84. The highest BCUT2D eigenvalue weighted by Gasteiger charge is 2.52. The Labute approximate surface area is 173 Å². The fraction of sp³-hybridized carbons (Fsp3) is 0.389. The molecule has 6 heterocycles. The number of nitrogens with zero attached hydrogens (tertiary/aromatic N) is 5. The largest absolute Gasteiger partial charge is 0.439 e. The van der Waals surface area contributed by atoms with Gasteiger partial charge in [0.15, 0.2) is 23.1 Å². The van der Waals surface area contributed by atoms with Crippen LogP contribution in [0.5, 0.6) is 0 Å². The summed E-state index contributed by atoms with van der Waals surface area (Å²) in [6.07, 6.45) is 2.85. The van der Waals surface area contributed by atoms with Crippen LogP contribution >= 0.6 is 0 Å². The maximum Gasteiger partial charge on any atom is 0.422 e. The molecule has 1 atom stereocenters. The van der Waals surface area contributed by atoms with Crippen LogP contribution in [0.1, 0.15) is 12.8 Å². The van der Waals surface area contributed by atoms with Crippen molar-refractivity contribution >= 4 is 29.1 Å². The summed E-state index contributed by atoms with van der Waals surface area (Å²) in [6.45, 7) is 1.61. The van der Waals surface area contributed by atoms with Crippen LogP contribution in [-0.4, -0.2) is 72.1 Å². The van der Waals surface area contributed by atoms with Crippen LogP contribution in [0.15, 0.2) is 34.2 Å². The summed E-state index contributed by atoms with van der Waals surface area (Å²) in [4.78, 5) is 57.5. The van der Waals surface area contributed by atoms with Crippen LogP contribution in [0.2, 0.25) is 0 Å². The van der Waals surface area contributed by atoms with Crippen molar-refractivity contribution in [2.75, 3.05) is 25.0 Å². The maximum absolute atomic E-state index is 13.0. The van der Waals surface area contributed by atoms with Gasteiger partial charge in [-0.3, -0.25) is 20.1 Å². The van der Waals surface area contributed by atoms with Crippen LogP contribution in [0.4, 0.5) is 15.4 Å². The Bertz CT molecular complexity index is 1270. The van der Waals surface area contributed by atoms with Crippen LogP contribution in [0, 0.1) is 5.92 Å². The number of quaternary nitrogens is 1. The molecule has 3 aromatic rings. The molecule has 160 valence electrons. The second-order valence-electron chi connectivity index (χ2n) is 7.79. The van der Waals surface area contributed by atoms with Gasteiger partial charge in [-0.1, -0.05) is 0 Å². The Kier molecular flexibility index (Phi) is 4.39. The van der Waals surface area contributed by atoms with E-state index in [9.17, 15) is 19.2 Å². The van der Waals surface area contributed by atoms with Gasteiger partial charge in [0.1, 0.15) is 12.9 Å². The summed E-state index contributed by atoms with van der Waals surface area (Å²) >= 11 is 0. The van der Waals surface area contributed by atoms with Gasteiger partial charge in [0.05, 0.1) is 13.1 Å². The van der Waals surface area contributed by atoms with E-state index < -0.39 is 23.4 Å². The molecular weight excluding hydrogens is 408 g/mol. The lowest BCUT2D eigenvalue weighted by molar-refractivity contribution is -0.869. The Hall–Kier alpha value is -3.87. The zero-order valence-corrected chi connectivity index (χ0v) is 16.3. The van der Waals surface area contributed by atoms with Gasteiger partial charge in [0.25, 0.3) is 5.56 Å². The Balaban J connectivity index is 1.36. The third kappa shape index (κ3) is 3.28. The minimum Gasteiger partial charge on any atom is -0.439 e. The van der Waals surface area contributed by atoms with Crippen molar-refractivity contribution in [2.45, 2.75) is 18.9 Å². The zero-order valence-electron chi connectivity index (χ0n) is 16.3. The molecule has 0 aliphatic carbocycles. The molecule has 0 radical (unpaired) electrons. The number of aromatic nitrogens is 6. The van der Waals surface area contributed by atoms with Crippen LogP contribution in [-0.2, 0) is 4.74 Å². The van der Waals surface area contributed by atoms with Crippen LogP contribution in [0.25, 0.3) is 11.2 Å². The number of fused-ring (bicyclic) bond motifs is 4. The van der Waals surface area contributed by atoms with E-state index in [0.29, 0.717) is 25.5 Å². The van der Waals surface area contributed by atoms with Crippen molar-refractivity contribution in [1.82, 2.24) is 29.7 Å². The van der Waals surface area contributed by atoms with Crippen molar-refractivity contribution in [3.05, 3.63) is 45.5 Å². The normalized spacial score (nSPS) is 24.8. The van der Waals surface area contributed by atoms with Crippen LogP contribution < -0.4 is 16.6 Å². The molecule has 0 saturated carbocycles. The average molecular weight is 427 g/mol. The minimum absolute atomic E-state index is 0.0377. The van der Waals surface area contributed by atoms with E-state index in [-0.39, 0.29) is 27.6 Å². The number of ether oxygens (including phenoxy) is 1. The number of rotatable bonds is 2. The van der Waals surface area contributed by atoms with Crippen molar-refractivity contribution in [3.8, 4) is 0 Å². The minimum atomic E-state index is -0.769. The lowest BCUT2D eigenvalue weighted by atomic mass is 9.83. The number of imidazole rings is 1. The SMILES string of the molecule is O=C(O[C@H]1C[N+]2(C(=O)Nc3cccnn3)CCC1CC2)n1cnc2c(=O)[nH]c(=O)[nH]c21. The van der Waals surface area contributed by atoms with Crippen molar-refractivity contribution < 1.29 is 18.8 Å². The molecule has 2 bridgehead atoms. The number of amides is 2. The van der Waals surface area contributed by atoms with Gasteiger partial charge in [0.2, 0.25) is 0 Å². The van der Waals surface area contributed by atoms with Gasteiger partial charge in [0, 0.05) is 25.0 Å². The number of nitrogens with one attached hydrogen (secondary N) is 3. The lowest BCUT2D eigenvalue weighted by Gasteiger charge is -2.49. The molecular formula is C18H19N8O5+. The summed E-state index contributed by atoms with van der Waals surface area (Å²) in [6, 6.07) is 3.12. The fourth-order valence-corrected chi connectivity index (χ4v) is 4.41. The highest BCUT2D eigenvalue weighted by Crippen LogP contribution is 2.36. The first-order valence-electron chi connectivity index (χ1n) is 9.81. The number of aromatic amines is 2. The number of anilines is 1. The molecule has 13 nitrogen and oxygen atoms in total. The molecule has 6 rings (SSSR count). The Morgan fingerprint density at radius 3 is 2.77 bits per heavy atom. The summed E-state index contributed by atoms with van der Waals surface area (Å²) in [7, 11) is 0. The van der Waals surface area contributed by atoms with Gasteiger partial charge in [-0.2, -0.15) is 5.10 Å². The Morgan fingerprint density at radius 2 is 2.03 bits per heavy atom. The predicted octanol–water partition coefficient (Wildman–Crippen LogP) is 0.0287. The maximum atomic E-state index is 13.0. The molecule has 3 N–H and O–H groups in total. The molecule has 2 amide bonds. The molecule has 0 aromatic carbocycles. The third-order valence-electron chi connectivity index (χ3n) is 6.04. The van der Waals surface area contributed by atoms with E-state index in [1.807, 2.05) is 0 Å². The number of H-pyrrole nitrogens is 2. The summed E-state index contributed by atoms with van der Waals surface area (Å²) in [5, 5.41) is 10.4. The highest BCUT2D eigenvalue weighted by atomic mass is 16.6. The van der Waals surface area contributed by atoms with E-state index in [1.54, 1.807) is 12.1 Å². The van der Waals surface area contributed by atoms with Crippen molar-refractivity contribution in [3.63, 3.8) is 0 Å². The second-order valence-corrected chi connectivity index (χ2v) is 7.79. The van der Waals surface area contributed by atoms with Gasteiger partial charge in [-0.15, -0.1) is 5.10 Å². The van der Waals surface area contributed by atoms with E-state index in [4.69, 9.17) is 4.74 Å². The number of hydrogen-bond acceptors (Lipinski definition) is 8. The summed E-state index contributed by atoms with van der Waals surface area (Å²) < 4.78 is 6.83. The number of hydrogen-bond donors (Lipinski definition) is 3. The predicted molar refractivity (Wildman–Crippen MR) is 105 cm³/mol. The van der Waals surface area contributed by atoms with E-state index in [2.05, 4.69) is 30.5 Å². The van der Waals surface area contributed by atoms with Gasteiger partial charge < -0.3 is 4.74 Å². The molecule has 3 fully saturated rings. The van der Waals surface area contributed by atoms with Gasteiger partial charge in [-0.05, 0) is 12.1 Å². The quantitative estimate of drug-likeness (QED) is 0.482. The molecule has 3 aromatic heterocycles. The standard InChI is InChI=1S/C18H18N8O5/c27-15-13-14(22-16(28)23-15)25(9-19-13)18(30)31-11-8-26(6-3-10(11)4-7-26)17(29)21-12-2-1-5-20-24-12/h1-2,5,9-11H,3-4,6-8H2,(H2-,21,22,23,24,27,28,29)/p+1/t10?,11-,26?/m0/s1. The van der Waals surface area contributed by atoms with Gasteiger partial charge >= 0.3 is 17.8 Å². The summed E-state index contributed by atoms with van der Waals surface area (Å²) in [5.74, 6) is 0.491. The molecule has 13 heteroatoms. The molecule has 3 aliphatic heterocycles. The van der Waals surface area contributed by atoms with Crippen molar-refractivity contribution in [2.24, 2.45) is 5.92 Å². The molecule has 0 spiro atoms. The number of piperidine rings is 3. The van der Waals surface area contributed by atoms with Crippen LogP contribution in [0.3, 0.4) is 0 Å². The molecule has 3 saturated heterocycles. The molecule has 0 unspecified atom stereocenters. The second kappa shape index (κ2) is 7.12. The smallest absolute Gasteiger partial charge is 0.422 e. The molecule has 3 aliphatic rings. The first-order chi connectivity index (χ1) is 14.9. The summed E-state index contributed by atoms with van der Waals surface area (Å²) in [5.41, 5.74) is -1.56.